The van der Waals surface area contributed by atoms with Crippen molar-refractivity contribution in [1.29, 1.82) is 5.26 Å². The molecule has 0 aliphatic heterocycles. The van der Waals surface area contributed by atoms with Gasteiger partial charge in [0.25, 0.3) is 5.91 Å². The summed E-state index contributed by atoms with van der Waals surface area (Å²) in [6, 6.07) is 8.94. The van der Waals surface area contributed by atoms with Crippen LogP contribution in [-0.4, -0.2) is 37.0 Å². The third kappa shape index (κ3) is 3.86. The molecule has 1 amide bonds. The molecule has 0 saturated heterocycles. The van der Waals surface area contributed by atoms with Gasteiger partial charge in [0.2, 0.25) is 0 Å². The Labute approximate surface area is 133 Å². The van der Waals surface area contributed by atoms with Crippen LogP contribution in [0.4, 0.5) is 0 Å². The molecule has 1 aliphatic carbocycles. The molecule has 4 heteroatoms. The van der Waals surface area contributed by atoms with Crippen LogP contribution in [0.2, 0.25) is 0 Å². The van der Waals surface area contributed by atoms with Crippen LogP contribution in [0.5, 0.6) is 0 Å². The van der Waals surface area contributed by atoms with Crippen LogP contribution in [0.15, 0.2) is 24.3 Å². The maximum absolute atomic E-state index is 12.4. The van der Waals surface area contributed by atoms with E-state index in [1.54, 1.807) is 24.3 Å². The van der Waals surface area contributed by atoms with Crippen molar-refractivity contribution in [2.75, 3.05) is 20.6 Å². The molecular formula is C18H25N3O. The number of nitriles is 1. The molecule has 118 valence electrons. The number of carbonyl (C=O) groups excluding carboxylic acids is 1. The number of amides is 1. The average molecular weight is 299 g/mol. The summed E-state index contributed by atoms with van der Waals surface area (Å²) >= 11 is 0. The summed E-state index contributed by atoms with van der Waals surface area (Å²) in [6.07, 6.45) is 7.26. The van der Waals surface area contributed by atoms with Gasteiger partial charge in [-0.2, -0.15) is 5.26 Å². The maximum atomic E-state index is 12.4. The van der Waals surface area contributed by atoms with Crippen LogP contribution in [-0.2, 0) is 0 Å². The second-order valence-corrected chi connectivity index (χ2v) is 6.41. The summed E-state index contributed by atoms with van der Waals surface area (Å²) in [4.78, 5) is 14.6. The number of hydrogen-bond acceptors (Lipinski definition) is 3. The Balaban J connectivity index is 2.05. The van der Waals surface area contributed by atoms with Gasteiger partial charge < -0.3 is 10.2 Å². The molecule has 22 heavy (non-hydrogen) atoms. The molecule has 0 spiro atoms. The fourth-order valence-corrected chi connectivity index (χ4v) is 3.25. The number of benzene rings is 1. The molecule has 1 aromatic carbocycles. The van der Waals surface area contributed by atoms with Gasteiger partial charge in [-0.25, -0.2) is 0 Å². The van der Waals surface area contributed by atoms with Crippen LogP contribution >= 0.6 is 0 Å². The zero-order valence-electron chi connectivity index (χ0n) is 13.6. The number of hydrogen-bond donors (Lipinski definition) is 1. The highest BCUT2D eigenvalue weighted by Crippen LogP contribution is 2.30. The lowest BCUT2D eigenvalue weighted by Gasteiger charge is -2.39. The van der Waals surface area contributed by atoms with E-state index in [0.29, 0.717) is 17.7 Å². The second-order valence-electron chi connectivity index (χ2n) is 6.41. The lowest BCUT2D eigenvalue weighted by atomic mass is 9.88. The van der Waals surface area contributed by atoms with Crippen molar-refractivity contribution in [3.63, 3.8) is 0 Å². The van der Waals surface area contributed by atoms with Gasteiger partial charge in [0.05, 0.1) is 11.6 Å². The van der Waals surface area contributed by atoms with E-state index in [9.17, 15) is 4.79 Å². The van der Waals surface area contributed by atoms with Crippen LogP contribution < -0.4 is 5.32 Å². The normalized spacial score (nSPS) is 17.5. The maximum Gasteiger partial charge on any atom is 0.251 e. The molecule has 0 aromatic heterocycles. The summed E-state index contributed by atoms with van der Waals surface area (Å²) in [7, 11) is 4.21. The number of likely N-dealkylation sites (N-methyl/N-ethyl adjacent to an activating group) is 1. The van der Waals surface area contributed by atoms with Gasteiger partial charge in [0, 0.05) is 17.6 Å². The molecule has 0 bridgehead atoms. The molecule has 1 aromatic rings. The molecule has 4 nitrogen and oxygen atoms in total. The first kappa shape index (κ1) is 16.5. The zero-order chi connectivity index (χ0) is 16.0. The highest BCUT2D eigenvalue weighted by Gasteiger charge is 2.33. The van der Waals surface area contributed by atoms with Crippen LogP contribution in [0.25, 0.3) is 0 Å². The predicted molar refractivity (Wildman–Crippen MR) is 87.6 cm³/mol. The Morgan fingerprint density at radius 2 is 1.95 bits per heavy atom. The van der Waals surface area contributed by atoms with Gasteiger partial charge in [-0.1, -0.05) is 31.7 Å². The van der Waals surface area contributed by atoms with Crippen molar-refractivity contribution in [1.82, 2.24) is 10.2 Å². The van der Waals surface area contributed by atoms with Crippen molar-refractivity contribution in [2.45, 2.75) is 44.1 Å². The van der Waals surface area contributed by atoms with Crippen molar-refractivity contribution >= 4 is 5.91 Å². The Morgan fingerprint density at radius 3 is 2.55 bits per heavy atom. The van der Waals surface area contributed by atoms with E-state index in [4.69, 9.17) is 5.26 Å². The molecule has 1 saturated carbocycles. The van der Waals surface area contributed by atoms with E-state index < -0.39 is 0 Å². The minimum atomic E-state index is -0.0948. The Bertz CT molecular complexity index is 552. The van der Waals surface area contributed by atoms with Gasteiger partial charge in [-0.3, -0.25) is 4.79 Å². The van der Waals surface area contributed by atoms with Gasteiger partial charge in [-0.15, -0.1) is 0 Å². The molecule has 1 fully saturated rings. The number of nitrogens with zero attached hydrogens (tertiary/aromatic N) is 2. The first-order valence-corrected chi connectivity index (χ1v) is 8.03. The molecule has 1 N–H and O–H groups in total. The number of nitrogens with one attached hydrogen (secondary N) is 1. The summed E-state index contributed by atoms with van der Waals surface area (Å²) in [5.74, 6) is -0.0948. The van der Waals surface area contributed by atoms with Crippen molar-refractivity contribution in [3.8, 4) is 6.07 Å². The third-order valence-corrected chi connectivity index (χ3v) is 4.81. The highest BCUT2D eigenvalue weighted by molar-refractivity contribution is 5.94. The zero-order valence-corrected chi connectivity index (χ0v) is 13.6. The number of rotatable bonds is 4. The largest absolute Gasteiger partial charge is 0.350 e. The molecule has 0 atom stereocenters. The topological polar surface area (TPSA) is 56.1 Å². The van der Waals surface area contributed by atoms with E-state index in [1.807, 2.05) is 0 Å². The SMILES string of the molecule is CN(C)C1(CNC(=O)c2cccc(C#N)c2)CCCCCC1. The lowest BCUT2D eigenvalue weighted by Crippen LogP contribution is -2.52. The Hall–Kier alpha value is -1.86. The standard InChI is InChI=1S/C18H25N3O/c1-21(2)18(10-5-3-4-6-11-18)14-20-17(22)16-9-7-8-15(12-16)13-19/h7-9,12H,3-6,10-11,14H2,1-2H3,(H,20,22). The van der Waals surface area contributed by atoms with E-state index in [1.165, 1.54) is 25.7 Å². The first-order valence-electron chi connectivity index (χ1n) is 8.03. The smallest absolute Gasteiger partial charge is 0.251 e. The van der Waals surface area contributed by atoms with Gasteiger partial charge in [0.1, 0.15) is 0 Å². The van der Waals surface area contributed by atoms with E-state index in [2.05, 4.69) is 30.4 Å². The predicted octanol–water partition coefficient (Wildman–Crippen LogP) is 2.94. The van der Waals surface area contributed by atoms with Crippen molar-refractivity contribution in [2.24, 2.45) is 0 Å². The van der Waals surface area contributed by atoms with Gasteiger partial charge in [0.15, 0.2) is 0 Å². The van der Waals surface area contributed by atoms with Crippen molar-refractivity contribution < 1.29 is 4.79 Å². The average Bonchev–Trinajstić information content (AvgIpc) is 2.79. The van der Waals surface area contributed by atoms with Gasteiger partial charge in [-0.05, 0) is 45.1 Å². The van der Waals surface area contributed by atoms with E-state index in [0.717, 1.165) is 12.8 Å². The summed E-state index contributed by atoms with van der Waals surface area (Å²) in [5, 5.41) is 12.0. The Morgan fingerprint density at radius 1 is 1.27 bits per heavy atom. The molecule has 0 heterocycles. The molecule has 0 unspecified atom stereocenters. The summed E-state index contributed by atoms with van der Waals surface area (Å²) < 4.78 is 0. The lowest BCUT2D eigenvalue weighted by molar-refractivity contribution is 0.0869. The molecule has 0 radical (unpaired) electrons. The van der Waals surface area contributed by atoms with Crippen LogP contribution in [0.3, 0.4) is 0 Å². The Kier molecular flexibility index (Phi) is 5.57. The van der Waals surface area contributed by atoms with Gasteiger partial charge >= 0.3 is 0 Å². The monoisotopic (exact) mass is 299 g/mol. The minimum Gasteiger partial charge on any atom is -0.350 e. The van der Waals surface area contributed by atoms with Crippen LogP contribution in [0.1, 0.15) is 54.4 Å². The fraction of sp³-hybridized carbons (Fsp3) is 0.556. The van der Waals surface area contributed by atoms with E-state index >= 15 is 0 Å². The first-order chi connectivity index (χ1) is 10.6. The summed E-state index contributed by atoms with van der Waals surface area (Å²) in [6.45, 7) is 0.662. The summed E-state index contributed by atoms with van der Waals surface area (Å²) in [5.41, 5.74) is 1.13. The minimum absolute atomic E-state index is 0.0546. The third-order valence-electron chi connectivity index (χ3n) is 4.81. The number of carbonyl (C=O) groups is 1. The van der Waals surface area contributed by atoms with Crippen molar-refractivity contribution in [3.05, 3.63) is 35.4 Å². The molecular weight excluding hydrogens is 274 g/mol. The van der Waals surface area contributed by atoms with E-state index in [-0.39, 0.29) is 11.4 Å². The second kappa shape index (κ2) is 7.42. The quantitative estimate of drug-likeness (QED) is 0.870. The fourth-order valence-electron chi connectivity index (χ4n) is 3.25. The molecule has 1 aliphatic rings. The highest BCUT2D eigenvalue weighted by atomic mass is 16.1. The van der Waals surface area contributed by atoms with Crippen LogP contribution in [0, 0.1) is 11.3 Å². The molecule has 2 rings (SSSR count).